The maximum Gasteiger partial charge on any atom is 0.337 e. The molecule has 1 amide bonds. The third-order valence-electron chi connectivity index (χ3n) is 8.60. The van der Waals surface area contributed by atoms with Crippen LogP contribution in [0.1, 0.15) is 53.7 Å². The van der Waals surface area contributed by atoms with Gasteiger partial charge in [0.1, 0.15) is 5.67 Å². The minimum Gasteiger partial charge on any atom is -0.478 e. The maximum atomic E-state index is 14.0. The van der Waals surface area contributed by atoms with Crippen molar-refractivity contribution in [1.82, 2.24) is 14.5 Å². The zero-order chi connectivity index (χ0) is 27.7. The average Bonchev–Trinajstić information content (AvgIpc) is 2.88. The van der Waals surface area contributed by atoms with Gasteiger partial charge in [-0.2, -0.15) is 0 Å². The average molecular weight is 534 g/mol. The molecule has 1 saturated heterocycles. The SMILES string of the molecule is Cc1cc(C(C)Nc2ccccc2C(=O)O)c2nc(N3CCN(C(=O)C45CC(F)(C4)C5)CC3)n(C)c(=O)c2c1. The predicted molar refractivity (Wildman–Crippen MR) is 146 cm³/mol. The number of hydrogen-bond donors (Lipinski definition) is 2. The monoisotopic (exact) mass is 533 g/mol. The first-order valence-corrected chi connectivity index (χ1v) is 13.3. The van der Waals surface area contributed by atoms with Crippen LogP contribution in [-0.2, 0) is 11.8 Å². The minimum atomic E-state index is -1.11. The van der Waals surface area contributed by atoms with Crippen LogP contribution in [0.3, 0.4) is 0 Å². The van der Waals surface area contributed by atoms with Crippen molar-refractivity contribution in [3.05, 3.63) is 63.4 Å². The fraction of sp³-hybridized carbons (Fsp3) is 0.448. The minimum absolute atomic E-state index is 0.0568. The molecule has 2 bridgehead atoms. The van der Waals surface area contributed by atoms with Crippen molar-refractivity contribution in [3.63, 3.8) is 0 Å². The molecule has 0 radical (unpaired) electrons. The fourth-order valence-electron chi connectivity index (χ4n) is 6.60. The molecule has 4 aliphatic rings. The van der Waals surface area contributed by atoms with E-state index < -0.39 is 17.1 Å². The number of carboxylic acid groups (broad SMARTS) is 1. The van der Waals surface area contributed by atoms with Gasteiger partial charge in [0, 0.05) is 44.5 Å². The van der Waals surface area contributed by atoms with Gasteiger partial charge in [-0.05, 0) is 56.9 Å². The number of carbonyl (C=O) groups excluding carboxylic acids is 1. The summed E-state index contributed by atoms with van der Waals surface area (Å²) in [5.41, 5.74) is 1.15. The molecule has 9 nitrogen and oxygen atoms in total. The third kappa shape index (κ3) is 4.04. The second kappa shape index (κ2) is 8.79. The second-order valence-corrected chi connectivity index (χ2v) is 11.5. The van der Waals surface area contributed by atoms with Crippen molar-refractivity contribution in [3.8, 4) is 0 Å². The molecule has 1 aromatic heterocycles. The Morgan fingerprint density at radius 3 is 2.41 bits per heavy atom. The Morgan fingerprint density at radius 2 is 1.77 bits per heavy atom. The second-order valence-electron chi connectivity index (χ2n) is 11.5. The van der Waals surface area contributed by atoms with Crippen LogP contribution >= 0.6 is 0 Å². The lowest BCUT2D eigenvalue weighted by atomic mass is 9.42. The fourth-order valence-corrected chi connectivity index (χ4v) is 6.60. The summed E-state index contributed by atoms with van der Waals surface area (Å²) < 4.78 is 15.5. The Labute approximate surface area is 225 Å². The molecule has 0 spiro atoms. The van der Waals surface area contributed by atoms with Crippen LogP contribution < -0.4 is 15.8 Å². The molecule has 2 heterocycles. The molecule has 1 atom stereocenters. The number of aromatic carboxylic acids is 1. The molecule has 2 N–H and O–H groups in total. The summed E-state index contributed by atoms with van der Waals surface area (Å²) in [6.07, 6.45) is 1.06. The van der Waals surface area contributed by atoms with Crippen LogP contribution in [0, 0.1) is 12.3 Å². The molecule has 3 aliphatic carbocycles. The Morgan fingerprint density at radius 1 is 1.10 bits per heavy atom. The van der Waals surface area contributed by atoms with Crippen molar-refractivity contribution in [2.45, 2.75) is 44.8 Å². The topological polar surface area (TPSA) is 108 Å². The number of aryl methyl sites for hydroxylation is 1. The number of carboxylic acids is 1. The number of piperazine rings is 1. The smallest absolute Gasteiger partial charge is 0.337 e. The van der Waals surface area contributed by atoms with Gasteiger partial charge in [0.25, 0.3) is 5.56 Å². The van der Waals surface area contributed by atoms with Crippen molar-refractivity contribution in [1.29, 1.82) is 0 Å². The number of nitrogens with zero attached hydrogens (tertiary/aromatic N) is 4. The Hall–Kier alpha value is -3.95. The van der Waals surface area contributed by atoms with Crippen LogP contribution in [0.5, 0.6) is 0 Å². The number of fused-ring (bicyclic) bond motifs is 1. The van der Waals surface area contributed by atoms with Gasteiger partial charge in [0.2, 0.25) is 11.9 Å². The number of benzene rings is 2. The van der Waals surface area contributed by atoms with E-state index in [1.807, 2.05) is 35.8 Å². The van der Waals surface area contributed by atoms with E-state index in [4.69, 9.17) is 4.98 Å². The van der Waals surface area contributed by atoms with Gasteiger partial charge < -0.3 is 20.2 Å². The number of anilines is 2. The quantitative estimate of drug-likeness (QED) is 0.498. The standard InChI is InChI=1S/C29H32FN5O4/c1-17-12-20(18(2)31-22-7-5-4-6-19(22)25(37)38)23-21(13-17)24(36)33(3)27(32-23)35-10-8-34(9-11-35)26(39)28-14-29(30,15-28)16-28/h4-7,12-13,18,31H,8-11,14-16H2,1-3H3,(H,37,38). The molecule has 3 aromatic rings. The van der Waals surface area contributed by atoms with E-state index in [2.05, 4.69) is 5.32 Å². The molecule has 10 heteroatoms. The van der Waals surface area contributed by atoms with Gasteiger partial charge in [-0.25, -0.2) is 14.2 Å². The predicted octanol–water partition coefficient (Wildman–Crippen LogP) is 3.65. The van der Waals surface area contributed by atoms with Crippen LogP contribution in [0.4, 0.5) is 16.0 Å². The zero-order valence-corrected chi connectivity index (χ0v) is 22.3. The van der Waals surface area contributed by atoms with Gasteiger partial charge in [0.15, 0.2) is 0 Å². The highest BCUT2D eigenvalue weighted by Gasteiger charge is 2.73. The van der Waals surface area contributed by atoms with E-state index in [1.165, 1.54) is 0 Å². The molecule has 1 unspecified atom stereocenters. The summed E-state index contributed by atoms with van der Waals surface area (Å²) in [6.45, 7) is 5.88. The molecule has 39 heavy (non-hydrogen) atoms. The highest BCUT2D eigenvalue weighted by atomic mass is 19.1. The zero-order valence-electron chi connectivity index (χ0n) is 22.3. The number of para-hydroxylation sites is 1. The van der Waals surface area contributed by atoms with Crippen molar-refractivity contribution < 1.29 is 19.1 Å². The third-order valence-corrected chi connectivity index (χ3v) is 8.60. The lowest BCUT2D eigenvalue weighted by Crippen LogP contribution is -2.71. The number of alkyl halides is 1. The highest BCUT2D eigenvalue weighted by Crippen LogP contribution is 2.70. The maximum absolute atomic E-state index is 14.0. The normalized spacial score (nSPS) is 24.6. The van der Waals surface area contributed by atoms with Gasteiger partial charge in [-0.15, -0.1) is 0 Å². The molecular formula is C29H32FN5O4. The van der Waals surface area contributed by atoms with E-state index in [1.54, 1.807) is 35.9 Å². The summed E-state index contributed by atoms with van der Waals surface area (Å²) >= 11 is 0. The first-order valence-electron chi connectivity index (χ1n) is 13.3. The van der Waals surface area contributed by atoms with E-state index >= 15 is 0 Å². The van der Waals surface area contributed by atoms with Crippen LogP contribution in [0.15, 0.2) is 41.2 Å². The first-order chi connectivity index (χ1) is 18.5. The number of hydrogen-bond acceptors (Lipinski definition) is 6. The van der Waals surface area contributed by atoms with Crippen LogP contribution in [0.25, 0.3) is 10.9 Å². The van der Waals surface area contributed by atoms with Crippen molar-refractivity contribution in [2.75, 3.05) is 36.4 Å². The van der Waals surface area contributed by atoms with E-state index in [-0.39, 0.29) is 23.1 Å². The van der Waals surface area contributed by atoms with Crippen molar-refractivity contribution >= 4 is 34.4 Å². The molecule has 4 fully saturated rings. The Kier molecular flexibility index (Phi) is 5.71. The summed E-state index contributed by atoms with van der Waals surface area (Å²) in [5.74, 6) is -0.443. The molecule has 1 aliphatic heterocycles. The summed E-state index contributed by atoms with van der Waals surface area (Å²) in [4.78, 5) is 47.1. The Bertz CT molecular complexity index is 1560. The van der Waals surface area contributed by atoms with Gasteiger partial charge in [0.05, 0.1) is 27.9 Å². The van der Waals surface area contributed by atoms with Crippen LogP contribution in [-0.4, -0.2) is 63.3 Å². The van der Waals surface area contributed by atoms with E-state index in [9.17, 15) is 23.9 Å². The first kappa shape index (κ1) is 25.3. The number of aromatic nitrogens is 2. The summed E-state index contributed by atoms with van der Waals surface area (Å²) in [6, 6.07) is 10.2. The lowest BCUT2D eigenvalue weighted by Gasteiger charge is -2.65. The lowest BCUT2D eigenvalue weighted by molar-refractivity contribution is -0.222. The molecular weight excluding hydrogens is 501 g/mol. The number of amides is 1. The van der Waals surface area contributed by atoms with E-state index in [0.29, 0.717) is 68.0 Å². The molecule has 2 aromatic carbocycles. The van der Waals surface area contributed by atoms with Crippen molar-refractivity contribution in [2.24, 2.45) is 12.5 Å². The number of halogens is 1. The Balaban J connectivity index is 1.29. The number of rotatable bonds is 6. The number of nitrogens with one attached hydrogen (secondary N) is 1. The van der Waals surface area contributed by atoms with Crippen LogP contribution in [0.2, 0.25) is 0 Å². The summed E-state index contributed by atoms with van der Waals surface area (Å²) in [5, 5.41) is 13.4. The van der Waals surface area contributed by atoms with E-state index in [0.717, 1.165) is 11.1 Å². The number of carbonyl (C=O) groups is 2. The molecule has 3 saturated carbocycles. The highest BCUT2D eigenvalue weighted by molar-refractivity contribution is 5.94. The largest absolute Gasteiger partial charge is 0.478 e. The van der Waals surface area contributed by atoms with Gasteiger partial charge in [-0.1, -0.05) is 18.2 Å². The molecule has 204 valence electrons. The van der Waals surface area contributed by atoms with Gasteiger partial charge >= 0.3 is 5.97 Å². The van der Waals surface area contributed by atoms with Gasteiger partial charge in [-0.3, -0.25) is 14.2 Å². The molecule has 7 rings (SSSR count). The summed E-state index contributed by atoms with van der Waals surface area (Å²) in [7, 11) is 1.71.